The van der Waals surface area contributed by atoms with Crippen LogP contribution in [-0.4, -0.2) is 31.5 Å². The summed E-state index contributed by atoms with van der Waals surface area (Å²) in [6.07, 6.45) is -0.0325. The lowest BCUT2D eigenvalue weighted by molar-refractivity contribution is -0.148. The summed E-state index contributed by atoms with van der Waals surface area (Å²) in [5.41, 5.74) is 6.36. The van der Waals surface area contributed by atoms with Crippen LogP contribution in [0.25, 0.3) is 0 Å². The summed E-state index contributed by atoms with van der Waals surface area (Å²) in [4.78, 5) is 35.5. The van der Waals surface area contributed by atoms with E-state index < -0.39 is 24.4 Å². The average Bonchev–Trinajstić information content (AvgIpc) is 2.65. The van der Waals surface area contributed by atoms with Gasteiger partial charge < -0.3 is 9.47 Å². The van der Waals surface area contributed by atoms with Gasteiger partial charge in [-0.2, -0.15) is 0 Å². The fourth-order valence-corrected chi connectivity index (χ4v) is 2.36. The van der Waals surface area contributed by atoms with Crippen molar-refractivity contribution < 1.29 is 23.9 Å². The van der Waals surface area contributed by atoms with Crippen LogP contribution in [0.2, 0.25) is 5.02 Å². The minimum atomic E-state index is -0.665. The molecule has 27 heavy (non-hydrogen) atoms. The number of halogens is 1. The normalized spacial score (nSPS) is 10.0. The van der Waals surface area contributed by atoms with E-state index in [1.54, 1.807) is 18.2 Å². The summed E-state index contributed by atoms with van der Waals surface area (Å²) >= 11 is 5.74. The molecule has 0 unspecified atom stereocenters. The van der Waals surface area contributed by atoms with Crippen LogP contribution in [0.15, 0.2) is 42.5 Å². The van der Waals surface area contributed by atoms with Crippen molar-refractivity contribution in [2.75, 3.05) is 13.7 Å². The lowest BCUT2D eigenvalue weighted by Gasteiger charge is -2.10. The van der Waals surface area contributed by atoms with Crippen LogP contribution in [0, 0.1) is 6.92 Å². The molecule has 8 heteroatoms. The largest absolute Gasteiger partial charge is 0.496 e. The first-order valence-electron chi connectivity index (χ1n) is 8.03. The number of amides is 2. The highest BCUT2D eigenvalue weighted by Crippen LogP contribution is 2.20. The van der Waals surface area contributed by atoms with E-state index in [0.29, 0.717) is 21.9 Å². The molecule has 0 atom stereocenters. The summed E-state index contributed by atoms with van der Waals surface area (Å²) in [5.74, 6) is -1.20. The smallest absolute Gasteiger partial charge is 0.310 e. The Labute approximate surface area is 161 Å². The summed E-state index contributed by atoms with van der Waals surface area (Å²) in [6, 6.07) is 11.6. The quantitative estimate of drug-likeness (QED) is 0.582. The molecule has 0 spiro atoms. The topological polar surface area (TPSA) is 93.7 Å². The zero-order chi connectivity index (χ0) is 19.8. The number of ether oxygens (including phenoxy) is 2. The van der Waals surface area contributed by atoms with Crippen LogP contribution in [0.1, 0.15) is 21.5 Å². The van der Waals surface area contributed by atoms with E-state index in [-0.39, 0.29) is 6.42 Å². The number of nitrogens with one attached hydrogen (secondary N) is 2. The number of hydrazine groups is 1. The van der Waals surface area contributed by atoms with E-state index in [2.05, 4.69) is 10.9 Å². The van der Waals surface area contributed by atoms with E-state index in [1.807, 2.05) is 19.1 Å². The molecule has 2 rings (SSSR count). The Morgan fingerprint density at radius 1 is 1.04 bits per heavy atom. The first kappa shape index (κ1) is 20.3. The van der Waals surface area contributed by atoms with Crippen molar-refractivity contribution in [3.8, 4) is 5.75 Å². The molecule has 0 saturated heterocycles. The van der Waals surface area contributed by atoms with Gasteiger partial charge in [0.25, 0.3) is 11.8 Å². The molecule has 0 aromatic heterocycles. The van der Waals surface area contributed by atoms with E-state index in [1.165, 1.54) is 19.2 Å². The van der Waals surface area contributed by atoms with Gasteiger partial charge in [0, 0.05) is 16.1 Å². The number of esters is 1. The first-order valence-corrected chi connectivity index (χ1v) is 8.40. The SMILES string of the molecule is COc1ccc(C)cc1CC(=O)OCC(=O)NNC(=O)c1ccc(Cl)cc1. The van der Waals surface area contributed by atoms with Crippen molar-refractivity contribution in [1.29, 1.82) is 0 Å². The number of methoxy groups -OCH3 is 1. The maximum atomic E-state index is 11.9. The molecule has 2 aromatic carbocycles. The molecule has 2 amide bonds. The molecule has 0 bridgehead atoms. The molecule has 0 aliphatic heterocycles. The Balaban J connectivity index is 1.78. The highest BCUT2D eigenvalue weighted by Gasteiger charge is 2.13. The molecule has 2 N–H and O–H groups in total. The highest BCUT2D eigenvalue weighted by molar-refractivity contribution is 6.30. The van der Waals surface area contributed by atoms with Crippen LogP contribution in [-0.2, 0) is 20.7 Å². The molecular weight excluding hydrogens is 372 g/mol. The van der Waals surface area contributed by atoms with Gasteiger partial charge in [-0.25, -0.2) is 0 Å². The number of hydrogen-bond donors (Lipinski definition) is 2. The van der Waals surface area contributed by atoms with Crippen molar-refractivity contribution in [1.82, 2.24) is 10.9 Å². The highest BCUT2D eigenvalue weighted by atomic mass is 35.5. The Bertz CT molecular complexity index is 836. The predicted molar refractivity (Wildman–Crippen MR) is 99.5 cm³/mol. The van der Waals surface area contributed by atoms with Gasteiger partial charge in [0.15, 0.2) is 6.61 Å². The Hall–Kier alpha value is -3.06. The van der Waals surface area contributed by atoms with E-state index >= 15 is 0 Å². The third-order valence-electron chi connectivity index (χ3n) is 3.56. The monoisotopic (exact) mass is 390 g/mol. The maximum Gasteiger partial charge on any atom is 0.310 e. The van der Waals surface area contributed by atoms with Crippen molar-refractivity contribution in [2.24, 2.45) is 0 Å². The van der Waals surface area contributed by atoms with Crippen LogP contribution in [0.3, 0.4) is 0 Å². The summed E-state index contributed by atoms with van der Waals surface area (Å²) < 4.78 is 10.1. The second kappa shape index (κ2) is 9.59. The third-order valence-corrected chi connectivity index (χ3v) is 3.81. The zero-order valence-corrected chi connectivity index (χ0v) is 15.6. The summed E-state index contributed by atoms with van der Waals surface area (Å²) in [6.45, 7) is 1.37. The molecule has 7 nitrogen and oxygen atoms in total. The fourth-order valence-electron chi connectivity index (χ4n) is 2.23. The lowest BCUT2D eigenvalue weighted by Crippen LogP contribution is -2.43. The van der Waals surface area contributed by atoms with Gasteiger partial charge in [-0.15, -0.1) is 0 Å². The van der Waals surface area contributed by atoms with Crippen LogP contribution < -0.4 is 15.6 Å². The van der Waals surface area contributed by atoms with E-state index in [9.17, 15) is 14.4 Å². The minimum Gasteiger partial charge on any atom is -0.496 e. The predicted octanol–water partition coefficient (Wildman–Crippen LogP) is 2.20. The van der Waals surface area contributed by atoms with Gasteiger partial charge in [-0.3, -0.25) is 25.2 Å². The fraction of sp³-hybridized carbons (Fsp3) is 0.211. The van der Waals surface area contributed by atoms with E-state index in [4.69, 9.17) is 21.1 Å². The zero-order valence-electron chi connectivity index (χ0n) is 14.9. The molecule has 2 aromatic rings. The molecule has 0 radical (unpaired) electrons. The first-order chi connectivity index (χ1) is 12.9. The number of rotatable bonds is 6. The Morgan fingerprint density at radius 3 is 2.41 bits per heavy atom. The van der Waals surface area contributed by atoms with Gasteiger partial charge >= 0.3 is 5.97 Å². The number of hydrogen-bond acceptors (Lipinski definition) is 5. The van der Waals surface area contributed by atoms with Gasteiger partial charge in [-0.1, -0.05) is 29.3 Å². The molecule has 0 fully saturated rings. The van der Waals surface area contributed by atoms with Crippen LogP contribution in [0.5, 0.6) is 5.75 Å². The van der Waals surface area contributed by atoms with Crippen molar-refractivity contribution in [3.05, 3.63) is 64.2 Å². The lowest BCUT2D eigenvalue weighted by atomic mass is 10.1. The number of carbonyl (C=O) groups excluding carboxylic acids is 3. The Morgan fingerprint density at radius 2 is 1.74 bits per heavy atom. The second-order valence-corrected chi connectivity index (χ2v) is 6.10. The van der Waals surface area contributed by atoms with Crippen molar-refractivity contribution in [3.63, 3.8) is 0 Å². The van der Waals surface area contributed by atoms with Crippen molar-refractivity contribution >= 4 is 29.4 Å². The second-order valence-electron chi connectivity index (χ2n) is 5.66. The number of benzene rings is 2. The molecule has 0 aliphatic carbocycles. The molecular formula is C19H19ClN2O5. The molecule has 0 aliphatic rings. The van der Waals surface area contributed by atoms with Gasteiger partial charge in [0.1, 0.15) is 5.75 Å². The standard InChI is InChI=1S/C19H19ClN2O5/c1-12-3-8-16(26-2)14(9-12)10-18(24)27-11-17(23)21-22-19(25)13-4-6-15(20)7-5-13/h3-9H,10-11H2,1-2H3,(H,21,23)(H,22,25). The van der Waals surface area contributed by atoms with Gasteiger partial charge in [-0.05, 0) is 37.3 Å². The molecule has 0 heterocycles. The van der Waals surface area contributed by atoms with E-state index in [0.717, 1.165) is 5.56 Å². The molecule has 0 saturated carbocycles. The van der Waals surface area contributed by atoms with Crippen LogP contribution >= 0.6 is 11.6 Å². The summed E-state index contributed by atoms with van der Waals surface area (Å²) in [5, 5.41) is 0.493. The maximum absolute atomic E-state index is 11.9. The number of aryl methyl sites for hydroxylation is 1. The minimum absolute atomic E-state index is 0.0325. The van der Waals surface area contributed by atoms with Crippen molar-refractivity contribution in [2.45, 2.75) is 13.3 Å². The van der Waals surface area contributed by atoms with Gasteiger partial charge in [0.2, 0.25) is 0 Å². The Kier molecular flexibility index (Phi) is 7.19. The van der Waals surface area contributed by atoms with Gasteiger partial charge in [0.05, 0.1) is 13.5 Å². The summed E-state index contributed by atoms with van der Waals surface area (Å²) in [7, 11) is 1.51. The average molecular weight is 391 g/mol. The van der Waals surface area contributed by atoms with Crippen LogP contribution in [0.4, 0.5) is 0 Å². The molecule has 142 valence electrons. The third kappa shape index (κ3) is 6.31. The number of carbonyl (C=O) groups is 3.